The van der Waals surface area contributed by atoms with E-state index < -0.39 is 49.2 Å². The number of halogens is 8. The average Bonchev–Trinajstić information content (AvgIpc) is 2.66. The highest BCUT2D eigenvalue weighted by Crippen LogP contribution is 2.39. The maximum Gasteiger partial charge on any atom is 0.511 e. The fourth-order valence-corrected chi connectivity index (χ4v) is 1.04. The number of carbonyl (C=O) groups is 1. The molecular weight excluding hydrogens is 312 g/mol. The number of rotatable bonds is 3. The zero-order valence-electron chi connectivity index (χ0n) is 9.07. The summed E-state index contributed by atoms with van der Waals surface area (Å²) < 4.78 is 109. The fraction of sp³-hybridized carbons (Fsp3) is 0.625. The van der Waals surface area contributed by atoms with Crippen molar-refractivity contribution in [1.29, 1.82) is 0 Å². The number of alkyl halides is 6. The maximum atomic E-state index is 12.7. The molecule has 1 saturated heterocycles. The van der Waals surface area contributed by atoms with Crippen LogP contribution in [0.25, 0.3) is 0 Å². The third-order valence-corrected chi connectivity index (χ3v) is 1.98. The van der Waals surface area contributed by atoms with E-state index in [-0.39, 0.29) is 0 Å². The Labute approximate surface area is 104 Å². The highest BCUT2D eigenvalue weighted by molar-refractivity contribution is 5.62. The van der Waals surface area contributed by atoms with Crippen LogP contribution in [0.2, 0.25) is 0 Å². The molecule has 0 N–H and O–H groups in total. The molecule has 0 saturated carbocycles. The molecule has 4 nitrogen and oxygen atoms in total. The molecule has 20 heavy (non-hydrogen) atoms. The Morgan fingerprint density at radius 3 is 2.10 bits per heavy atom. The molecular formula is C8H4F8O4. The normalized spacial score (nSPS) is 25.1. The summed E-state index contributed by atoms with van der Waals surface area (Å²) in [5.74, 6) is -9.67. The molecule has 1 unspecified atom stereocenters. The third-order valence-electron chi connectivity index (χ3n) is 1.98. The van der Waals surface area contributed by atoms with E-state index >= 15 is 0 Å². The van der Waals surface area contributed by atoms with Gasteiger partial charge in [0.1, 0.15) is 6.61 Å². The first-order valence-corrected chi connectivity index (χ1v) is 4.57. The van der Waals surface area contributed by atoms with Gasteiger partial charge >= 0.3 is 24.3 Å². The summed E-state index contributed by atoms with van der Waals surface area (Å²) >= 11 is 0. The zero-order chi connectivity index (χ0) is 15.8. The van der Waals surface area contributed by atoms with Crippen LogP contribution in [0.4, 0.5) is 39.9 Å². The van der Waals surface area contributed by atoms with E-state index in [4.69, 9.17) is 0 Å². The highest BCUT2D eigenvalue weighted by atomic mass is 19.4. The van der Waals surface area contributed by atoms with E-state index in [2.05, 4.69) is 14.2 Å². The molecule has 0 aromatic rings. The monoisotopic (exact) mass is 316 g/mol. The van der Waals surface area contributed by atoms with Crippen LogP contribution in [0.5, 0.6) is 0 Å². The minimum absolute atomic E-state index is 1.56. The lowest BCUT2D eigenvalue weighted by Gasteiger charge is -2.26. The molecule has 1 atom stereocenters. The Kier molecular flexibility index (Phi) is 4.17. The van der Waals surface area contributed by atoms with Crippen molar-refractivity contribution in [2.45, 2.75) is 18.1 Å². The van der Waals surface area contributed by atoms with Gasteiger partial charge in [-0.1, -0.05) is 0 Å². The van der Waals surface area contributed by atoms with Gasteiger partial charge in [-0.2, -0.15) is 30.7 Å². The zero-order valence-corrected chi connectivity index (χ0v) is 9.07. The summed E-state index contributed by atoms with van der Waals surface area (Å²) in [5, 5.41) is 0. The average molecular weight is 316 g/mol. The van der Waals surface area contributed by atoms with E-state index in [1.165, 1.54) is 0 Å². The fourth-order valence-electron chi connectivity index (χ4n) is 1.04. The van der Waals surface area contributed by atoms with Crippen molar-refractivity contribution >= 4 is 6.16 Å². The lowest BCUT2D eigenvalue weighted by Crippen LogP contribution is -2.50. The van der Waals surface area contributed by atoms with Gasteiger partial charge in [-0.05, 0) is 0 Å². The molecule has 0 radical (unpaired) electrons. The molecule has 1 heterocycles. The number of allylic oxidation sites excluding steroid dienone is 1. The van der Waals surface area contributed by atoms with Crippen molar-refractivity contribution < 1.29 is 54.1 Å². The number of hydrogen-bond donors (Lipinski definition) is 0. The van der Waals surface area contributed by atoms with Crippen molar-refractivity contribution in [2.24, 2.45) is 0 Å². The van der Waals surface area contributed by atoms with Crippen LogP contribution in [-0.4, -0.2) is 37.5 Å². The Morgan fingerprint density at radius 2 is 1.75 bits per heavy atom. The van der Waals surface area contributed by atoms with E-state index in [1.807, 2.05) is 0 Å². The minimum atomic E-state index is -5.72. The van der Waals surface area contributed by atoms with Crippen molar-refractivity contribution in [3.8, 4) is 0 Å². The first kappa shape index (κ1) is 16.5. The number of ether oxygens (including phenoxy) is 3. The summed E-state index contributed by atoms with van der Waals surface area (Å²) in [6.45, 7) is -3.61. The standard InChI is InChI=1S/C8H4F8O4/c9-3(4(10)7(11,12)13)1-19-6(8(14,15)16)2-18-5(17)20-6/h1-2H2. The second kappa shape index (κ2) is 5.07. The molecule has 0 aromatic carbocycles. The van der Waals surface area contributed by atoms with Gasteiger partial charge in [0.05, 0.1) is 0 Å². The molecule has 1 rings (SSSR count). The van der Waals surface area contributed by atoms with Gasteiger partial charge in [0.25, 0.3) is 0 Å². The predicted molar refractivity (Wildman–Crippen MR) is 42.5 cm³/mol. The summed E-state index contributed by atoms with van der Waals surface area (Å²) in [6.07, 6.45) is -13.0. The van der Waals surface area contributed by atoms with Crippen LogP contribution < -0.4 is 0 Å². The molecule has 1 fully saturated rings. The van der Waals surface area contributed by atoms with E-state index in [0.717, 1.165) is 0 Å². The van der Waals surface area contributed by atoms with Gasteiger partial charge < -0.3 is 14.2 Å². The highest BCUT2D eigenvalue weighted by Gasteiger charge is 2.65. The molecule has 0 bridgehead atoms. The largest absolute Gasteiger partial charge is 0.511 e. The van der Waals surface area contributed by atoms with Gasteiger partial charge in [0.2, 0.25) is 5.83 Å². The Bertz CT molecular complexity index is 425. The molecule has 0 aromatic heterocycles. The Balaban J connectivity index is 2.88. The lowest BCUT2D eigenvalue weighted by molar-refractivity contribution is -0.348. The molecule has 0 aliphatic carbocycles. The van der Waals surface area contributed by atoms with Crippen LogP contribution in [-0.2, 0) is 14.2 Å². The molecule has 12 heteroatoms. The van der Waals surface area contributed by atoms with Crippen molar-refractivity contribution in [3.05, 3.63) is 11.7 Å². The van der Waals surface area contributed by atoms with Gasteiger partial charge in [-0.15, -0.1) is 0 Å². The topological polar surface area (TPSA) is 44.8 Å². The minimum Gasteiger partial charge on any atom is -0.427 e. The van der Waals surface area contributed by atoms with Crippen LogP contribution in [0.1, 0.15) is 0 Å². The lowest BCUT2D eigenvalue weighted by atomic mass is 10.3. The van der Waals surface area contributed by atoms with Crippen molar-refractivity contribution in [2.75, 3.05) is 13.2 Å². The first-order valence-electron chi connectivity index (χ1n) is 4.57. The molecule has 1 aliphatic heterocycles. The maximum absolute atomic E-state index is 12.7. The summed E-state index contributed by atoms with van der Waals surface area (Å²) in [7, 11) is 0. The quantitative estimate of drug-likeness (QED) is 0.593. The van der Waals surface area contributed by atoms with Gasteiger partial charge in [0.15, 0.2) is 12.4 Å². The third kappa shape index (κ3) is 3.29. The van der Waals surface area contributed by atoms with Crippen LogP contribution in [0, 0.1) is 0 Å². The van der Waals surface area contributed by atoms with Gasteiger partial charge in [0, 0.05) is 0 Å². The number of hydrogen-bond acceptors (Lipinski definition) is 4. The van der Waals surface area contributed by atoms with Crippen LogP contribution in [0.3, 0.4) is 0 Å². The molecule has 0 amide bonds. The van der Waals surface area contributed by atoms with E-state index in [1.54, 1.807) is 0 Å². The van der Waals surface area contributed by atoms with Crippen LogP contribution in [0.15, 0.2) is 11.7 Å². The van der Waals surface area contributed by atoms with Gasteiger partial charge in [-0.3, -0.25) is 0 Å². The van der Waals surface area contributed by atoms with Crippen molar-refractivity contribution in [1.82, 2.24) is 0 Å². The molecule has 0 spiro atoms. The second-order valence-electron chi connectivity index (χ2n) is 3.40. The first-order chi connectivity index (χ1) is 8.89. The summed E-state index contributed by atoms with van der Waals surface area (Å²) in [4.78, 5) is 10.5. The van der Waals surface area contributed by atoms with E-state index in [0.29, 0.717) is 0 Å². The summed E-state index contributed by atoms with van der Waals surface area (Å²) in [5.41, 5.74) is 0. The summed E-state index contributed by atoms with van der Waals surface area (Å²) in [6, 6.07) is 0. The predicted octanol–water partition coefficient (Wildman–Crippen LogP) is 3.14. The van der Waals surface area contributed by atoms with Crippen molar-refractivity contribution in [3.63, 3.8) is 0 Å². The second-order valence-corrected chi connectivity index (χ2v) is 3.40. The smallest absolute Gasteiger partial charge is 0.427 e. The Hall–Kier alpha value is -1.59. The SMILES string of the molecule is O=C1OCC(OCC(F)=C(F)C(F)(F)F)(C(F)(F)F)O1. The van der Waals surface area contributed by atoms with E-state index in [9.17, 15) is 39.9 Å². The van der Waals surface area contributed by atoms with Crippen LogP contribution >= 0.6 is 0 Å². The molecule has 1 aliphatic rings. The number of cyclic esters (lactones) is 2. The Morgan fingerprint density at radius 1 is 1.20 bits per heavy atom. The molecule has 116 valence electrons. The van der Waals surface area contributed by atoms with Gasteiger partial charge in [-0.25, -0.2) is 9.18 Å². The number of carbonyl (C=O) groups excluding carboxylic acids is 1.